The molecule has 0 amide bonds. The molecule has 0 aromatic heterocycles. The molecule has 0 aromatic rings. The first-order chi connectivity index (χ1) is 6.02. The van der Waals surface area contributed by atoms with Gasteiger partial charge < -0.3 is 5.32 Å². The van der Waals surface area contributed by atoms with Crippen molar-refractivity contribution >= 4 is 0 Å². The van der Waals surface area contributed by atoms with Gasteiger partial charge in [0.05, 0.1) is 0 Å². The second kappa shape index (κ2) is 6.20. The van der Waals surface area contributed by atoms with Crippen molar-refractivity contribution in [3.63, 3.8) is 0 Å². The van der Waals surface area contributed by atoms with Crippen LogP contribution in [0.3, 0.4) is 0 Å². The largest absolute Gasteiger partial charge is 0.313 e. The molecule has 0 aliphatic rings. The summed E-state index contributed by atoms with van der Waals surface area (Å²) in [6.45, 7) is 14.0. The molecule has 0 spiro atoms. The van der Waals surface area contributed by atoms with E-state index in [9.17, 15) is 0 Å². The van der Waals surface area contributed by atoms with E-state index in [0.29, 0.717) is 11.5 Å². The standard InChI is InChI=1S/C12H25N/c1-6-8-9-11(12(3,4)5)13-10-7-2/h6,11,13H,1,7-10H2,2-5H3. The number of hydrogen-bond donors (Lipinski definition) is 1. The molecule has 0 saturated carbocycles. The van der Waals surface area contributed by atoms with Gasteiger partial charge in [-0.1, -0.05) is 33.8 Å². The fourth-order valence-corrected chi connectivity index (χ4v) is 1.44. The highest BCUT2D eigenvalue weighted by Crippen LogP contribution is 2.22. The molecule has 0 heterocycles. The third-order valence-corrected chi connectivity index (χ3v) is 2.35. The van der Waals surface area contributed by atoms with E-state index in [-0.39, 0.29) is 0 Å². The first-order valence-electron chi connectivity index (χ1n) is 5.36. The predicted octanol–water partition coefficient (Wildman–Crippen LogP) is 3.37. The van der Waals surface area contributed by atoms with E-state index in [4.69, 9.17) is 0 Å². The van der Waals surface area contributed by atoms with Crippen molar-refractivity contribution < 1.29 is 0 Å². The molecule has 1 N–H and O–H groups in total. The summed E-state index contributed by atoms with van der Waals surface area (Å²) >= 11 is 0. The zero-order chi connectivity index (χ0) is 10.3. The Morgan fingerprint density at radius 3 is 2.38 bits per heavy atom. The lowest BCUT2D eigenvalue weighted by Crippen LogP contribution is -2.40. The summed E-state index contributed by atoms with van der Waals surface area (Å²) in [4.78, 5) is 0. The van der Waals surface area contributed by atoms with Gasteiger partial charge in [-0.3, -0.25) is 0 Å². The van der Waals surface area contributed by atoms with Crippen LogP contribution in [0, 0.1) is 5.41 Å². The van der Waals surface area contributed by atoms with E-state index in [1.807, 2.05) is 6.08 Å². The molecule has 0 aromatic carbocycles. The average Bonchev–Trinajstić information content (AvgIpc) is 2.02. The molecule has 0 aliphatic carbocycles. The van der Waals surface area contributed by atoms with Gasteiger partial charge >= 0.3 is 0 Å². The van der Waals surface area contributed by atoms with E-state index < -0.39 is 0 Å². The highest BCUT2D eigenvalue weighted by Gasteiger charge is 2.22. The van der Waals surface area contributed by atoms with Crippen LogP contribution >= 0.6 is 0 Å². The Morgan fingerprint density at radius 2 is 2.00 bits per heavy atom. The average molecular weight is 183 g/mol. The van der Waals surface area contributed by atoms with Crippen LogP contribution < -0.4 is 5.32 Å². The Hall–Kier alpha value is -0.300. The van der Waals surface area contributed by atoms with Crippen LogP contribution in [-0.4, -0.2) is 12.6 Å². The van der Waals surface area contributed by atoms with Crippen LogP contribution in [0.4, 0.5) is 0 Å². The van der Waals surface area contributed by atoms with E-state index in [1.54, 1.807) is 0 Å². The summed E-state index contributed by atoms with van der Waals surface area (Å²) in [6, 6.07) is 0.616. The van der Waals surface area contributed by atoms with Crippen molar-refractivity contribution in [3.8, 4) is 0 Å². The predicted molar refractivity (Wildman–Crippen MR) is 61.0 cm³/mol. The zero-order valence-electron chi connectivity index (χ0n) is 9.69. The molecule has 1 unspecified atom stereocenters. The highest BCUT2D eigenvalue weighted by molar-refractivity contribution is 4.82. The van der Waals surface area contributed by atoms with Gasteiger partial charge in [0.1, 0.15) is 0 Å². The van der Waals surface area contributed by atoms with Crippen molar-refractivity contribution in [1.82, 2.24) is 5.32 Å². The molecular weight excluding hydrogens is 158 g/mol. The van der Waals surface area contributed by atoms with Crippen LogP contribution in [-0.2, 0) is 0 Å². The molecule has 0 radical (unpaired) electrons. The second-order valence-corrected chi connectivity index (χ2v) is 4.74. The topological polar surface area (TPSA) is 12.0 Å². The van der Waals surface area contributed by atoms with E-state index in [2.05, 4.69) is 39.6 Å². The molecule has 0 aliphatic heterocycles. The van der Waals surface area contributed by atoms with Crippen LogP contribution in [0.2, 0.25) is 0 Å². The van der Waals surface area contributed by atoms with Crippen LogP contribution in [0.15, 0.2) is 12.7 Å². The molecular formula is C12H25N. The Labute approximate surface area is 83.6 Å². The Balaban J connectivity index is 3.95. The quantitative estimate of drug-likeness (QED) is 0.623. The maximum absolute atomic E-state index is 3.77. The van der Waals surface area contributed by atoms with Crippen molar-refractivity contribution in [2.45, 2.75) is 53.0 Å². The Morgan fingerprint density at radius 1 is 1.38 bits per heavy atom. The molecule has 78 valence electrons. The molecule has 0 saturated heterocycles. The lowest BCUT2D eigenvalue weighted by atomic mass is 9.84. The maximum Gasteiger partial charge on any atom is 0.0118 e. The van der Waals surface area contributed by atoms with Gasteiger partial charge in [0.2, 0.25) is 0 Å². The number of rotatable bonds is 6. The maximum atomic E-state index is 3.77. The van der Waals surface area contributed by atoms with Gasteiger partial charge in [-0.15, -0.1) is 6.58 Å². The lowest BCUT2D eigenvalue weighted by molar-refractivity contribution is 0.256. The van der Waals surface area contributed by atoms with Gasteiger partial charge in [0, 0.05) is 6.04 Å². The summed E-state index contributed by atoms with van der Waals surface area (Å²) in [5, 5.41) is 3.60. The van der Waals surface area contributed by atoms with Crippen LogP contribution in [0.5, 0.6) is 0 Å². The lowest BCUT2D eigenvalue weighted by Gasteiger charge is -2.31. The minimum Gasteiger partial charge on any atom is -0.313 e. The van der Waals surface area contributed by atoms with Gasteiger partial charge in [-0.05, 0) is 31.2 Å². The Bertz CT molecular complexity index is 133. The number of hydrogen-bond acceptors (Lipinski definition) is 1. The third kappa shape index (κ3) is 5.87. The van der Waals surface area contributed by atoms with E-state index in [0.717, 1.165) is 13.0 Å². The van der Waals surface area contributed by atoms with Gasteiger partial charge in [-0.2, -0.15) is 0 Å². The van der Waals surface area contributed by atoms with Crippen molar-refractivity contribution in [1.29, 1.82) is 0 Å². The fourth-order valence-electron chi connectivity index (χ4n) is 1.44. The molecule has 1 heteroatoms. The third-order valence-electron chi connectivity index (χ3n) is 2.35. The van der Waals surface area contributed by atoms with E-state index >= 15 is 0 Å². The summed E-state index contributed by atoms with van der Waals surface area (Å²) < 4.78 is 0. The van der Waals surface area contributed by atoms with Gasteiger partial charge in [0.25, 0.3) is 0 Å². The smallest absolute Gasteiger partial charge is 0.0118 e. The monoisotopic (exact) mass is 183 g/mol. The molecule has 13 heavy (non-hydrogen) atoms. The first-order valence-corrected chi connectivity index (χ1v) is 5.36. The Kier molecular flexibility index (Phi) is 6.06. The van der Waals surface area contributed by atoms with E-state index in [1.165, 1.54) is 12.8 Å². The zero-order valence-corrected chi connectivity index (χ0v) is 9.69. The first kappa shape index (κ1) is 12.7. The summed E-state index contributed by atoms with van der Waals surface area (Å²) in [6.07, 6.45) is 5.53. The molecule has 1 atom stereocenters. The van der Waals surface area contributed by atoms with Gasteiger partial charge in [-0.25, -0.2) is 0 Å². The van der Waals surface area contributed by atoms with Crippen molar-refractivity contribution in [3.05, 3.63) is 12.7 Å². The molecule has 1 nitrogen and oxygen atoms in total. The SMILES string of the molecule is C=CCCC(NCCC)C(C)(C)C. The molecule has 0 rings (SSSR count). The van der Waals surface area contributed by atoms with Crippen molar-refractivity contribution in [2.24, 2.45) is 5.41 Å². The van der Waals surface area contributed by atoms with Crippen LogP contribution in [0.25, 0.3) is 0 Å². The number of allylic oxidation sites excluding steroid dienone is 1. The number of nitrogens with one attached hydrogen (secondary N) is 1. The summed E-state index contributed by atoms with van der Waals surface area (Å²) in [5.41, 5.74) is 0.359. The normalized spacial score (nSPS) is 14.2. The minimum absolute atomic E-state index is 0.359. The van der Waals surface area contributed by atoms with Crippen molar-refractivity contribution in [2.75, 3.05) is 6.54 Å². The second-order valence-electron chi connectivity index (χ2n) is 4.74. The summed E-state index contributed by atoms with van der Waals surface area (Å²) in [5.74, 6) is 0. The van der Waals surface area contributed by atoms with Gasteiger partial charge in [0.15, 0.2) is 0 Å². The summed E-state index contributed by atoms with van der Waals surface area (Å²) in [7, 11) is 0. The highest BCUT2D eigenvalue weighted by atomic mass is 14.9. The molecule has 0 bridgehead atoms. The van der Waals surface area contributed by atoms with Crippen LogP contribution in [0.1, 0.15) is 47.0 Å². The molecule has 0 fully saturated rings. The minimum atomic E-state index is 0.359. The fraction of sp³-hybridized carbons (Fsp3) is 0.833.